The average molecular weight is 478 g/mol. The first-order chi connectivity index (χ1) is 15.0. The number of ether oxygens (including phenoxy) is 1. The van der Waals surface area contributed by atoms with E-state index in [1.165, 1.54) is 18.2 Å². The van der Waals surface area contributed by atoms with E-state index >= 15 is 0 Å². The number of hydrogen-bond acceptors (Lipinski definition) is 5. The van der Waals surface area contributed by atoms with Gasteiger partial charge in [-0.15, -0.1) is 12.4 Å². The molecule has 0 spiro atoms. The molecule has 2 bridgehead atoms. The summed E-state index contributed by atoms with van der Waals surface area (Å²) < 4.78 is 21.9. The number of carbonyl (C=O) groups is 1. The smallest absolute Gasteiger partial charge is 0.258 e. The lowest BCUT2D eigenvalue weighted by Gasteiger charge is -2.30. The number of amides is 1. The van der Waals surface area contributed by atoms with E-state index in [1.807, 2.05) is 0 Å². The van der Waals surface area contributed by atoms with Gasteiger partial charge in [-0.05, 0) is 37.8 Å². The van der Waals surface area contributed by atoms with Gasteiger partial charge in [-0.1, -0.05) is 11.6 Å². The predicted molar refractivity (Wildman–Crippen MR) is 119 cm³/mol. The van der Waals surface area contributed by atoms with Crippen molar-refractivity contribution >= 4 is 35.6 Å². The second-order valence-corrected chi connectivity index (χ2v) is 9.05. The highest BCUT2D eigenvalue weighted by molar-refractivity contribution is 6.30. The van der Waals surface area contributed by atoms with Gasteiger partial charge in [0.05, 0.1) is 35.6 Å². The lowest BCUT2D eigenvalue weighted by Crippen LogP contribution is -2.42. The molecule has 1 amide bonds. The number of piperidine rings is 1. The molecule has 0 aliphatic carbocycles. The third-order valence-corrected chi connectivity index (χ3v) is 6.69. The first-order valence-corrected chi connectivity index (χ1v) is 10.9. The van der Waals surface area contributed by atoms with Gasteiger partial charge in [-0.3, -0.25) is 4.79 Å². The van der Waals surface area contributed by atoms with Gasteiger partial charge in [0, 0.05) is 29.9 Å². The van der Waals surface area contributed by atoms with Crippen LogP contribution in [0.5, 0.6) is 5.75 Å². The van der Waals surface area contributed by atoms with Crippen molar-refractivity contribution in [3.8, 4) is 5.75 Å². The normalized spacial score (nSPS) is 23.8. The Hall–Kier alpha value is -2.42. The van der Waals surface area contributed by atoms with Crippen molar-refractivity contribution in [2.75, 3.05) is 0 Å². The molecule has 2 fully saturated rings. The van der Waals surface area contributed by atoms with Crippen molar-refractivity contribution in [1.29, 1.82) is 0 Å². The Balaban J connectivity index is 0.00000216. The molecule has 0 saturated carbocycles. The van der Waals surface area contributed by atoms with Crippen LogP contribution in [0.15, 0.2) is 30.6 Å². The molecule has 3 atom stereocenters. The highest BCUT2D eigenvalue weighted by atomic mass is 35.5. The van der Waals surface area contributed by atoms with Crippen molar-refractivity contribution < 1.29 is 13.9 Å². The summed E-state index contributed by atoms with van der Waals surface area (Å²) >= 11 is 6.00. The molecule has 168 valence electrons. The third kappa shape index (κ3) is 3.70. The number of fused-ring (bicyclic) bond motifs is 5. The molecule has 3 aliphatic rings. The van der Waals surface area contributed by atoms with Gasteiger partial charge in [0.1, 0.15) is 17.7 Å². The fraction of sp³-hybridized carbons (Fsp3) is 0.409. The molecule has 2 aromatic heterocycles. The molecule has 1 N–H and O–H groups in total. The highest BCUT2D eigenvalue weighted by Gasteiger charge is 2.36. The SMILES string of the molecule is Cl.O=C(c1ccc(F)cc1OC1C[C@H]2CC[C@@H](C1)N2)N1Cc2nn3cc(Cl)cnc3c2C1. The number of benzene rings is 1. The van der Waals surface area contributed by atoms with Crippen LogP contribution in [0.1, 0.15) is 47.3 Å². The number of aromatic nitrogens is 3. The zero-order valence-corrected chi connectivity index (χ0v) is 18.7. The number of rotatable bonds is 3. The van der Waals surface area contributed by atoms with Gasteiger partial charge in [0.2, 0.25) is 0 Å². The minimum absolute atomic E-state index is 0. The first-order valence-electron chi connectivity index (χ1n) is 10.6. The zero-order chi connectivity index (χ0) is 21.1. The largest absolute Gasteiger partial charge is 0.489 e. The van der Waals surface area contributed by atoms with E-state index in [0.29, 0.717) is 47.2 Å². The van der Waals surface area contributed by atoms with Crippen molar-refractivity contribution in [3.05, 3.63) is 58.3 Å². The van der Waals surface area contributed by atoms with Crippen molar-refractivity contribution in [2.45, 2.75) is 57.0 Å². The Labute approximate surface area is 195 Å². The van der Waals surface area contributed by atoms with Gasteiger partial charge in [0.25, 0.3) is 5.91 Å². The van der Waals surface area contributed by atoms with Crippen molar-refractivity contribution in [2.24, 2.45) is 0 Å². The summed E-state index contributed by atoms with van der Waals surface area (Å²) in [6.07, 6.45) is 7.30. The maximum atomic E-state index is 14.0. The molecule has 3 aliphatic heterocycles. The highest BCUT2D eigenvalue weighted by Crippen LogP contribution is 2.33. The number of nitrogens with zero attached hydrogens (tertiary/aromatic N) is 4. The minimum atomic E-state index is -0.410. The van der Waals surface area contributed by atoms with E-state index in [-0.39, 0.29) is 24.4 Å². The number of halogens is 3. The number of nitrogens with one attached hydrogen (secondary N) is 1. The lowest BCUT2D eigenvalue weighted by molar-refractivity contribution is 0.0737. The molecule has 6 rings (SSSR count). The summed E-state index contributed by atoms with van der Waals surface area (Å²) in [5.41, 5.74) is 2.77. The number of carbonyl (C=O) groups excluding carboxylic acids is 1. The molecule has 32 heavy (non-hydrogen) atoms. The second-order valence-electron chi connectivity index (χ2n) is 8.62. The Bertz CT molecular complexity index is 1190. The van der Waals surface area contributed by atoms with Crippen LogP contribution in [0.25, 0.3) is 5.65 Å². The monoisotopic (exact) mass is 477 g/mol. The van der Waals surface area contributed by atoms with E-state index in [4.69, 9.17) is 16.3 Å². The van der Waals surface area contributed by atoms with Crippen LogP contribution < -0.4 is 10.1 Å². The van der Waals surface area contributed by atoms with Crippen LogP contribution >= 0.6 is 24.0 Å². The molecule has 3 aromatic rings. The van der Waals surface area contributed by atoms with Gasteiger partial charge in [-0.2, -0.15) is 5.10 Å². The summed E-state index contributed by atoms with van der Waals surface area (Å²) in [6, 6.07) is 5.05. The van der Waals surface area contributed by atoms with Crippen LogP contribution in [0.2, 0.25) is 5.02 Å². The summed E-state index contributed by atoms with van der Waals surface area (Å²) in [4.78, 5) is 19.4. The van der Waals surface area contributed by atoms with Gasteiger partial charge >= 0.3 is 0 Å². The van der Waals surface area contributed by atoms with Crippen LogP contribution in [0, 0.1) is 5.82 Å². The molecule has 2 saturated heterocycles. The molecule has 10 heteroatoms. The third-order valence-electron chi connectivity index (χ3n) is 6.49. The quantitative estimate of drug-likeness (QED) is 0.621. The summed E-state index contributed by atoms with van der Waals surface area (Å²) in [6.45, 7) is 0.754. The maximum Gasteiger partial charge on any atom is 0.258 e. The topological polar surface area (TPSA) is 71.8 Å². The minimum Gasteiger partial charge on any atom is -0.489 e. The second kappa shape index (κ2) is 8.17. The molecular formula is C22H22Cl2FN5O2. The predicted octanol–water partition coefficient (Wildman–Crippen LogP) is 3.76. The number of hydrogen-bond donors (Lipinski definition) is 1. The summed E-state index contributed by atoms with van der Waals surface area (Å²) in [5, 5.41) is 8.59. The van der Waals surface area contributed by atoms with Crippen molar-refractivity contribution in [1.82, 2.24) is 24.8 Å². The lowest BCUT2D eigenvalue weighted by atomic mass is 10.0. The molecular weight excluding hydrogens is 456 g/mol. The summed E-state index contributed by atoms with van der Waals surface area (Å²) in [7, 11) is 0. The summed E-state index contributed by atoms with van der Waals surface area (Å²) in [5.74, 6) is -0.288. The van der Waals surface area contributed by atoms with Crippen molar-refractivity contribution in [3.63, 3.8) is 0 Å². The molecule has 1 unspecified atom stereocenters. The maximum absolute atomic E-state index is 14.0. The molecule has 1 aromatic carbocycles. The van der Waals surface area contributed by atoms with E-state index in [1.54, 1.807) is 21.8 Å². The van der Waals surface area contributed by atoms with E-state index in [0.717, 1.165) is 36.9 Å². The van der Waals surface area contributed by atoms with Crippen LogP contribution in [0.3, 0.4) is 0 Å². The standard InChI is InChI=1S/C22H21ClFN5O2.ClH/c23-12-8-25-21-18-10-28(11-19(18)27-29(21)9-12)22(30)17-4-1-13(24)5-20(17)31-16-6-14-2-3-15(7-16)26-14;/h1,4-5,8-9,14-16,26H,2-3,6-7,10-11H2;1H/t14-,15+,16?;. The zero-order valence-electron chi connectivity index (χ0n) is 17.1. The van der Waals surface area contributed by atoms with Gasteiger partial charge in [0.15, 0.2) is 5.65 Å². The molecule has 0 radical (unpaired) electrons. The fourth-order valence-corrected chi connectivity index (χ4v) is 5.23. The Kier molecular flexibility index (Phi) is 5.47. The fourth-order valence-electron chi connectivity index (χ4n) is 5.09. The van der Waals surface area contributed by atoms with Crippen LogP contribution in [-0.4, -0.2) is 43.6 Å². The average Bonchev–Trinajstić information content (AvgIpc) is 3.39. The van der Waals surface area contributed by atoms with Crippen LogP contribution in [0.4, 0.5) is 4.39 Å². The van der Waals surface area contributed by atoms with E-state index in [9.17, 15) is 9.18 Å². The van der Waals surface area contributed by atoms with Gasteiger partial charge in [-0.25, -0.2) is 13.9 Å². The van der Waals surface area contributed by atoms with Gasteiger partial charge < -0.3 is 15.0 Å². The van der Waals surface area contributed by atoms with Crippen LogP contribution in [-0.2, 0) is 13.1 Å². The van der Waals surface area contributed by atoms with E-state index < -0.39 is 5.82 Å². The van der Waals surface area contributed by atoms with E-state index in [2.05, 4.69) is 15.4 Å². The first kappa shape index (κ1) is 21.4. The molecule has 7 nitrogen and oxygen atoms in total. The Morgan fingerprint density at radius 3 is 2.78 bits per heavy atom. The Morgan fingerprint density at radius 1 is 1.22 bits per heavy atom. The molecule has 5 heterocycles. The Morgan fingerprint density at radius 2 is 2.00 bits per heavy atom.